The SMILES string of the molecule is C=CC[C@@H](CN1CC(I)c2c(N)ncnc21)NC(=O)OC(C)(C)C. The number of carbonyl (C=O) groups excluding carboxylic acids is 1. The first-order chi connectivity index (χ1) is 11.2. The number of amides is 1. The molecule has 7 nitrogen and oxygen atoms in total. The molecule has 0 saturated carbocycles. The molecular weight excluding hydrogens is 421 g/mol. The van der Waals surface area contributed by atoms with Crippen LogP contribution < -0.4 is 16.0 Å². The van der Waals surface area contributed by atoms with Gasteiger partial charge in [-0.2, -0.15) is 0 Å². The minimum absolute atomic E-state index is 0.122. The number of fused-ring (bicyclic) bond motifs is 1. The zero-order valence-electron chi connectivity index (χ0n) is 14.3. The number of nitrogens with zero attached hydrogens (tertiary/aromatic N) is 3. The van der Waals surface area contributed by atoms with E-state index in [1.165, 1.54) is 6.33 Å². The summed E-state index contributed by atoms with van der Waals surface area (Å²) < 4.78 is 5.57. The molecule has 2 heterocycles. The number of nitrogens with one attached hydrogen (secondary N) is 1. The van der Waals surface area contributed by atoms with Gasteiger partial charge >= 0.3 is 6.09 Å². The molecule has 0 bridgehead atoms. The minimum atomic E-state index is -0.530. The number of carbonyl (C=O) groups is 1. The Kier molecular flexibility index (Phi) is 5.89. The number of nitrogens with two attached hydrogens (primary N) is 1. The maximum atomic E-state index is 12.0. The van der Waals surface area contributed by atoms with E-state index in [0.29, 0.717) is 18.8 Å². The summed E-state index contributed by atoms with van der Waals surface area (Å²) in [5.74, 6) is 1.35. The summed E-state index contributed by atoms with van der Waals surface area (Å²) in [7, 11) is 0. The number of ether oxygens (including phenoxy) is 1. The molecule has 0 aliphatic carbocycles. The van der Waals surface area contributed by atoms with Crippen molar-refractivity contribution in [3.63, 3.8) is 0 Å². The van der Waals surface area contributed by atoms with Gasteiger partial charge in [0, 0.05) is 13.1 Å². The average molecular weight is 445 g/mol. The Morgan fingerprint density at radius 1 is 1.62 bits per heavy atom. The summed E-state index contributed by atoms with van der Waals surface area (Å²) in [6.07, 6.45) is 3.47. The zero-order chi connectivity index (χ0) is 17.9. The van der Waals surface area contributed by atoms with Gasteiger partial charge in [0.05, 0.1) is 15.5 Å². The summed E-state index contributed by atoms with van der Waals surface area (Å²) in [6, 6.07) is -0.122. The smallest absolute Gasteiger partial charge is 0.407 e. The van der Waals surface area contributed by atoms with Gasteiger partial charge in [0.15, 0.2) is 0 Å². The van der Waals surface area contributed by atoms with Crippen molar-refractivity contribution in [3.8, 4) is 0 Å². The Morgan fingerprint density at radius 3 is 2.96 bits per heavy atom. The number of alkyl carbamates (subject to hydrolysis) is 1. The molecule has 2 atom stereocenters. The third-order valence-electron chi connectivity index (χ3n) is 3.50. The highest BCUT2D eigenvalue weighted by atomic mass is 127. The van der Waals surface area contributed by atoms with Crippen LogP contribution in [0.2, 0.25) is 0 Å². The van der Waals surface area contributed by atoms with Crippen LogP contribution in [-0.2, 0) is 4.74 Å². The highest BCUT2D eigenvalue weighted by Crippen LogP contribution is 2.41. The third kappa shape index (κ3) is 4.71. The first-order valence-corrected chi connectivity index (χ1v) is 9.05. The number of nitrogen functional groups attached to an aromatic ring is 1. The molecule has 0 radical (unpaired) electrons. The lowest BCUT2D eigenvalue weighted by atomic mass is 10.2. The molecule has 1 unspecified atom stereocenters. The molecule has 1 aliphatic rings. The molecule has 0 saturated heterocycles. The van der Waals surface area contributed by atoms with Crippen LogP contribution in [-0.4, -0.2) is 40.8 Å². The van der Waals surface area contributed by atoms with Gasteiger partial charge in [-0.25, -0.2) is 14.8 Å². The largest absolute Gasteiger partial charge is 0.444 e. The molecule has 1 amide bonds. The van der Waals surface area contributed by atoms with E-state index in [1.54, 1.807) is 6.08 Å². The number of alkyl halides is 1. The predicted molar refractivity (Wildman–Crippen MR) is 103 cm³/mol. The van der Waals surface area contributed by atoms with Gasteiger partial charge < -0.3 is 20.7 Å². The normalized spacial score (nSPS) is 18.0. The van der Waals surface area contributed by atoms with Gasteiger partial charge in [-0.05, 0) is 27.2 Å². The van der Waals surface area contributed by atoms with Crippen LogP contribution in [0.5, 0.6) is 0 Å². The molecule has 0 aromatic carbocycles. The van der Waals surface area contributed by atoms with E-state index < -0.39 is 11.7 Å². The van der Waals surface area contributed by atoms with E-state index in [0.717, 1.165) is 17.9 Å². The lowest BCUT2D eigenvalue weighted by molar-refractivity contribution is 0.0506. The predicted octanol–water partition coefficient (Wildman–Crippen LogP) is 2.82. The lowest BCUT2D eigenvalue weighted by Crippen LogP contribution is -2.45. The van der Waals surface area contributed by atoms with Crippen molar-refractivity contribution in [1.82, 2.24) is 15.3 Å². The van der Waals surface area contributed by atoms with Crippen LogP contribution >= 0.6 is 22.6 Å². The molecule has 1 aromatic rings. The van der Waals surface area contributed by atoms with Crippen LogP contribution in [0, 0.1) is 0 Å². The Bertz CT molecular complexity index is 617. The number of halogens is 1. The van der Waals surface area contributed by atoms with Gasteiger partial charge in [-0.15, -0.1) is 6.58 Å². The minimum Gasteiger partial charge on any atom is -0.444 e. The Labute approximate surface area is 156 Å². The Hall–Kier alpha value is -1.58. The molecular formula is C16H24IN5O2. The number of hydrogen-bond donors (Lipinski definition) is 2. The van der Waals surface area contributed by atoms with Crippen molar-refractivity contribution < 1.29 is 9.53 Å². The van der Waals surface area contributed by atoms with Gasteiger partial charge in [0.2, 0.25) is 0 Å². The van der Waals surface area contributed by atoms with E-state index in [9.17, 15) is 4.79 Å². The summed E-state index contributed by atoms with van der Waals surface area (Å²) in [5, 5.41) is 2.91. The topological polar surface area (TPSA) is 93.4 Å². The van der Waals surface area contributed by atoms with Gasteiger partial charge in [0.1, 0.15) is 23.6 Å². The van der Waals surface area contributed by atoms with Crippen LogP contribution in [0.25, 0.3) is 0 Å². The van der Waals surface area contributed by atoms with Crippen molar-refractivity contribution >= 4 is 40.3 Å². The van der Waals surface area contributed by atoms with Gasteiger partial charge in [-0.1, -0.05) is 28.7 Å². The highest BCUT2D eigenvalue weighted by molar-refractivity contribution is 14.1. The van der Waals surface area contributed by atoms with Crippen LogP contribution in [0.3, 0.4) is 0 Å². The molecule has 0 fully saturated rings. The Morgan fingerprint density at radius 2 is 2.33 bits per heavy atom. The molecule has 132 valence electrons. The van der Waals surface area contributed by atoms with Crippen LogP contribution in [0.4, 0.5) is 16.4 Å². The average Bonchev–Trinajstić information content (AvgIpc) is 2.74. The van der Waals surface area contributed by atoms with E-state index in [-0.39, 0.29) is 9.97 Å². The van der Waals surface area contributed by atoms with Crippen molar-refractivity contribution in [3.05, 3.63) is 24.5 Å². The van der Waals surface area contributed by atoms with Crippen molar-refractivity contribution in [2.24, 2.45) is 0 Å². The number of aromatic nitrogens is 2. The maximum Gasteiger partial charge on any atom is 0.407 e. The molecule has 2 rings (SSSR count). The molecule has 8 heteroatoms. The summed E-state index contributed by atoms with van der Waals surface area (Å²) in [4.78, 5) is 22.6. The third-order valence-corrected chi connectivity index (χ3v) is 4.52. The molecule has 1 aliphatic heterocycles. The van der Waals surface area contributed by atoms with E-state index in [2.05, 4.69) is 49.4 Å². The standard InChI is InChI=1S/C16H24IN5O2/c1-5-6-10(21-15(23)24-16(2,3)4)7-22-8-11(17)12-13(18)19-9-20-14(12)22/h5,9-11H,1,6-8H2,2-4H3,(H,21,23)(H2,18,19,20)/t10-,11?/m0/s1. The van der Waals surface area contributed by atoms with Gasteiger partial charge in [-0.3, -0.25) is 0 Å². The van der Waals surface area contributed by atoms with Gasteiger partial charge in [0.25, 0.3) is 0 Å². The maximum absolute atomic E-state index is 12.0. The molecule has 24 heavy (non-hydrogen) atoms. The van der Waals surface area contributed by atoms with Crippen molar-refractivity contribution in [2.75, 3.05) is 23.7 Å². The second-order valence-corrected chi connectivity index (χ2v) is 8.24. The monoisotopic (exact) mass is 445 g/mol. The first kappa shape index (κ1) is 18.8. The highest BCUT2D eigenvalue weighted by Gasteiger charge is 2.32. The van der Waals surface area contributed by atoms with Crippen LogP contribution in [0.1, 0.15) is 36.7 Å². The molecule has 3 N–H and O–H groups in total. The summed E-state index contributed by atoms with van der Waals surface area (Å²) in [5.41, 5.74) is 6.41. The van der Waals surface area contributed by atoms with Crippen molar-refractivity contribution in [2.45, 2.75) is 42.8 Å². The number of rotatable bonds is 5. The molecule has 0 spiro atoms. The zero-order valence-corrected chi connectivity index (χ0v) is 16.4. The van der Waals surface area contributed by atoms with Crippen molar-refractivity contribution in [1.29, 1.82) is 0 Å². The Balaban J connectivity index is 2.08. The fourth-order valence-electron chi connectivity index (χ4n) is 2.60. The number of anilines is 2. The first-order valence-electron chi connectivity index (χ1n) is 7.81. The van der Waals surface area contributed by atoms with E-state index >= 15 is 0 Å². The second-order valence-electron chi connectivity index (χ2n) is 6.74. The molecule has 1 aromatic heterocycles. The quantitative estimate of drug-likeness (QED) is 0.412. The second kappa shape index (κ2) is 7.54. The van der Waals surface area contributed by atoms with E-state index in [1.807, 2.05) is 20.8 Å². The summed E-state index contributed by atoms with van der Waals surface area (Å²) >= 11 is 2.34. The fraction of sp³-hybridized carbons (Fsp3) is 0.562. The number of hydrogen-bond acceptors (Lipinski definition) is 6. The van der Waals surface area contributed by atoms with Crippen LogP contribution in [0.15, 0.2) is 19.0 Å². The van der Waals surface area contributed by atoms with E-state index in [4.69, 9.17) is 10.5 Å². The fourth-order valence-corrected chi connectivity index (χ4v) is 3.68. The summed E-state index contributed by atoms with van der Waals surface area (Å²) in [6.45, 7) is 10.7. The lowest BCUT2D eigenvalue weighted by Gasteiger charge is -2.27.